The molecule has 0 radical (unpaired) electrons. The molecule has 1 aromatic rings. The maximum atomic E-state index is 11.6. The van der Waals surface area contributed by atoms with Crippen molar-refractivity contribution in [3.8, 4) is 0 Å². The van der Waals surface area contributed by atoms with Crippen molar-refractivity contribution in [2.24, 2.45) is 0 Å². The second-order valence-corrected chi connectivity index (χ2v) is 5.22. The molecule has 0 saturated carbocycles. The van der Waals surface area contributed by atoms with Crippen LogP contribution in [0.4, 0.5) is 0 Å². The van der Waals surface area contributed by atoms with E-state index in [1.165, 1.54) is 19.2 Å². The van der Waals surface area contributed by atoms with E-state index in [0.717, 1.165) is 6.07 Å². The van der Waals surface area contributed by atoms with E-state index in [4.69, 9.17) is 17.1 Å². The number of benzene rings is 1. The van der Waals surface area contributed by atoms with Gasteiger partial charge in [-0.25, -0.2) is 13.1 Å². The minimum absolute atomic E-state index is 0.00293. The molecule has 0 aliphatic carbocycles. The molecule has 8 heteroatoms. The summed E-state index contributed by atoms with van der Waals surface area (Å²) in [6, 6.07) is 3.73. The fraction of sp³-hybridized carbons (Fsp3) is 0.111. The van der Waals surface area contributed by atoms with E-state index < -0.39 is 15.8 Å². The van der Waals surface area contributed by atoms with Gasteiger partial charge in [-0.3, -0.25) is 4.79 Å². The maximum absolute atomic E-state index is 11.6. The molecule has 6 nitrogen and oxygen atoms in total. The van der Waals surface area contributed by atoms with Crippen LogP contribution in [-0.2, 0) is 10.0 Å². The molecule has 90 valence electrons. The number of carbonyl (C=O) groups excluding carboxylic acids is 1. The first-order chi connectivity index (χ1) is 7.92. The van der Waals surface area contributed by atoms with Crippen LogP contribution in [0.3, 0.4) is 0 Å². The van der Waals surface area contributed by atoms with Gasteiger partial charge in [0, 0.05) is 5.56 Å². The minimum Gasteiger partial charge on any atom is -0.361 e. The van der Waals surface area contributed by atoms with Crippen LogP contribution >= 0.6 is 11.6 Å². The zero-order valence-corrected chi connectivity index (χ0v) is 10.3. The molecular formula is C9H8ClN3O3S. The Morgan fingerprint density at radius 1 is 1.53 bits per heavy atom. The molecule has 0 bridgehead atoms. The van der Waals surface area contributed by atoms with Crippen molar-refractivity contribution in [1.29, 1.82) is 0 Å². The van der Waals surface area contributed by atoms with Crippen molar-refractivity contribution in [2.45, 2.75) is 4.90 Å². The van der Waals surface area contributed by atoms with Gasteiger partial charge in [0.25, 0.3) is 5.78 Å². The molecule has 0 saturated heterocycles. The Kier molecular flexibility index (Phi) is 4.14. The summed E-state index contributed by atoms with van der Waals surface area (Å²) in [5.74, 6) is -0.628. The fourth-order valence-electron chi connectivity index (χ4n) is 1.10. The van der Waals surface area contributed by atoms with Crippen LogP contribution in [0.15, 0.2) is 23.1 Å². The molecule has 0 fully saturated rings. The van der Waals surface area contributed by atoms with Crippen molar-refractivity contribution in [2.75, 3.05) is 7.05 Å². The zero-order chi connectivity index (χ0) is 13.1. The lowest BCUT2D eigenvalue weighted by molar-refractivity contribution is 0.00234. The lowest BCUT2D eigenvalue weighted by atomic mass is 10.1. The van der Waals surface area contributed by atoms with Crippen molar-refractivity contribution >= 4 is 33.6 Å². The average molecular weight is 274 g/mol. The van der Waals surface area contributed by atoms with Crippen LogP contribution in [0.1, 0.15) is 10.4 Å². The molecule has 0 amide bonds. The van der Waals surface area contributed by atoms with Gasteiger partial charge >= 0.3 is 6.21 Å². The van der Waals surface area contributed by atoms with E-state index in [1.54, 1.807) is 0 Å². The predicted molar refractivity (Wildman–Crippen MR) is 61.7 cm³/mol. The topological polar surface area (TPSA) is 99.6 Å². The third-order valence-electron chi connectivity index (χ3n) is 1.95. The lowest BCUT2D eigenvalue weighted by Gasteiger charge is -2.05. The highest BCUT2D eigenvalue weighted by Crippen LogP contribution is 2.22. The number of sulfonamides is 1. The summed E-state index contributed by atoms with van der Waals surface area (Å²) in [5, 5.41) is -0.00293. The Morgan fingerprint density at radius 3 is 2.71 bits per heavy atom. The quantitative estimate of drug-likeness (QED) is 0.379. The zero-order valence-electron chi connectivity index (χ0n) is 8.71. The van der Waals surface area contributed by atoms with Crippen molar-refractivity contribution < 1.29 is 18.0 Å². The van der Waals surface area contributed by atoms with E-state index in [-0.39, 0.29) is 15.5 Å². The minimum atomic E-state index is -3.74. The van der Waals surface area contributed by atoms with Gasteiger partial charge in [0.1, 0.15) is 4.90 Å². The standard InChI is InChI=1S/C9H8ClN3O3S/c1-12-17(15,16)9-4-6(2-3-7(9)10)8(14)5-13-11/h2-5,12H,1H3. The van der Waals surface area contributed by atoms with E-state index in [9.17, 15) is 13.2 Å². The molecule has 0 unspecified atom stereocenters. The van der Waals surface area contributed by atoms with Gasteiger partial charge in [0.15, 0.2) is 0 Å². The number of rotatable bonds is 4. The Morgan fingerprint density at radius 2 is 2.18 bits per heavy atom. The fourth-order valence-corrected chi connectivity index (χ4v) is 2.35. The lowest BCUT2D eigenvalue weighted by Crippen LogP contribution is -2.19. The SMILES string of the molecule is CNS(=O)(=O)c1cc(C(=O)C=[N+]=[N-])ccc1Cl. The van der Waals surface area contributed by atoms with Gasteiger partial charge < -0.3 is 5.53 Å². The van der Waals surface area contributed by atoms with Gasteiger partial charge in [0.05, 0.1) is 5.02 Å². The summed E-state index contributed by atoms with van der Waals surface area (Å²) < 4.78 is 25.2. The van der Waals surface area contributed by atoms with Crippen LogP contribution in [0, 0.1) is 0 Å². The number of ketones is 1. The first-order valence-corrected chi connectivity index (χ1v) is 6.23. The number of carbonyl (C=O) groups is 1. The highest BCUT2D eigenvalue weighted by atomic mass is 35.5. The van der Waals surface area contributed by atoms with Gasteiger partial charge in [-0.1, -0.05) is 11.6 Å². The predicted octanol–water partition coefficient (Wildman–Crippen LogP) is 0.731. The van der Waals surface area contributed by atoms with Crippen LogP contribution in [0.5, 0.6) is 0 Å². The van der Waals surface area contributed by atoms with Gasteiger partial charge in [-0.2, -0.15) is 4.79 Å². The van der Waals surface area contributed by atoms with Crippen LogP contribution in [0.25, 0.3) is 5.53 Å². The highest BCUT2D eigenvalue weighted by Gasteiger charge is 2.18. The summed E-state index contributed by atoms with van der Waals surface area (Å²) >= 11 is 5.73. The van der Waals surface area contributed by atoms with Gasteiger partial charge in [-0.05, 0) is 25.2 Å². The third kappa shape index (κ3) is 2.98. The van der Waals surface area contributed by atoms with E-state index in [0.29, 0.717) is 6.21 Å². The number of hydrogen-bond acceptors (Lipinski definition) is 3. The first-order valence-electron chi connectivity index (χ1n) is 4.37. The van der Waals surface area contributed by atoms with Crippen molar-refractivity contribution in [1.82, 2.24) is 4.72 Å². The largest absolute Gasteiger partial charge is 0.361 e. The van der Waals surface area contributed by atoms with Crippen molar-refractivity contribution in [3.05, 3.63) is 34.3 Å². The van der Waals surface area contributed by atoms with Crippen LogP contribution < -0.4 is 4.72 Å². The number of nitrogens with zero attached hydrogens (tertiary/aromatic N) is 2. The first kappa shape index (κ1) is 13.5. The maximum Gasteiger partial charge on any atom is 0.328 e. The smallest absolute Gasteiger partial charge is 0.328 e. The summed E-state index contributed by atoms with van der Waals surface area (Å²) in [7, 11) is -2.51. The van der Waals surface area contributed by atoms with Crippen LogP contribution in [-0.4, -0.2) is 32.3 Å². The Hall–Kier alpha value is -1.53. The average Bonchev–Trinajstić information content (AvgIpc) is 2.29. The molecule has 1 N–H and O–H groups in total. The molecule has 1 rings (SSSR count). The molecule has 0 aliphatic heterocycles. The van der Waals surface area contributed by atoms with E-state index in [1.807, 2.05) is 0 Å². The Balaban J connectivity index is 3.39. The normalized spacial score (nSPS) is 10.7. The molecule has 0 heterocycles. The third-order valence-corrected chi connectivity index (χ3v) is 3.84. The number of nitrogens with one attached hydrogen (secondary N) is 1. The van der Waals surface area contributed by atoms with Gasteiger partial charge in [-0.15, -0.1) is 0 Å². The molecule has 1 aromatic carbocycles. The summed E-state index contributed by atoms with van der Waals surface area (Å²) in [4.78, 5) is 13.7. The molecular weight excluding hydrogens is 266 g/mol. The number of hydrogen-bond donors (Lipinski definition) is 1. The molecule has 0 aromatic heterocycles. The summed E-state index contributed by atoms with van der Waals surface area (Å²) in [5.41, 5.74) is 8.28. The second-order valence-electron chi connectivity index (χ2n) is 2.96. The highest BCUT2D eigenvalue weighted by molar-refractivity contribution is 7.89. The number of Topliss-reactive ketones (excluding diaryl/α,β-unsaturated/α-hetero) is 1. The van der Waals surface area contributed by atoms with E-state index >= 15 is 0 Å². The molecule has 0 atom stereocenters. The Labute approximate surface area is 103 Å². The molecule has 0 spiro atoms. The Bertz CT molecular complexity index is 606. The monoisotopic (exact) mass is 273 g/mol. The molecule has 0 aliphatic rings. The van der Waals surface area contributed by atoms with Crippen molar-refractivity contribution in [3.63, 3.8) is 0 Å². The number of halogens is 1. The van der Waals surface area contributed by atoms with Gasteiger partial charge in [0.2, 0.25) is 10.0 Å². The second kappa shape index (κ2) is 5.20. The van der Waals surface area contributed by atoms with Crippen LogP contribution in [0.2, 0.25) is 5.02 Å². The van der Waals surface area contributed by atoms with E-state index in [2.05, 4.69) is 9.51 Å². The summed E-state index contributed by atoms with van der Waals surface area (Å²) in [6.07, 6.45) is 0.666. The summed E-state index contributed by atoms with van der Waals surface area (Å²) in [6.45, 7) is 0. The molecule has 17 heavy (non-hydrogen) atoms.